The molecule has 0 aliphatic carbocycles. The van der Waals surface area contributed by atoms with Crippen molar-refractivity contribution >= 4 is 31.6 Å². The molecule has 1 N–H and O–H groups in total. The van der Waals surface area contributed by atoms with Crippen LogP contribution < -0.4 is 9.60 Å². The molecule has 0 saturated carbocycles. The first-order valence-electron chi connectivity index (χ1n) is 10.1. The van der Waals surface area contributed by atoms with Crippen LogP contribution in [0.5, 0.6) is 0 Å². The largest absolute Gasteiger partial charge is 0.308 e. The Morgan fingerprint density at radius 1 is 0.935 bits per heavy atom. The maximum atomic E-state index is 12.7. The number of rotatable bonds is 8. The van der Waals surface area contributed by atoms with Crippen LogP contribution in [0.15, 0.2) is 82.5 Å². The minimum Gasteiger partial charge on any atom is -0.294 e. The quantitative estimate of drug-likeness (QED) is 0.405. The molecule has 1 aromatic heterocycles. The summed E-state index contributed by atoms with van der Waals surface area (Å²) >= 11 is 1.07. The minimum atomic E-state index is -3.63. The van der Waals surface area contributed by atoms with E-state index in [-0.39, 0.29) is 9.77 Å². The first kappa shape index (κ1) is 21.5. The van der Waals surface area contributed by atoms with Crippen LogP contribution in [-0.4, -0.2) is 19.5 Å². The summed E-state index contributed by atoms with van der Waals surface area (Å²) in [6.45, 7) is 2.87. The second-order valence-electron chi connectivity index (χ2n) is 7.56. The second-order valence-corrected chi connectivity index (χ2v) is 10.3. The lowest BCUT2D eigenvalue weighted by Crippen LogP contribution is -2.25. The Bertz CT molecular complexity index is 1360. The number of nitrogens with zero attached hydrogens (tertiary/aromatic N) is 1. The molecule has 7 heteroatoms. The van der Waals surface area contributed by atoms with E-state index < -0.39 is 10.0 Å². The molecule has 0 atom stereocenters. The SMILES string of the molecule is Cc1cccc(CCCNS(=O)(=O)c2ccc3c(c2)sc(=O)n3Cc2ccccc2)c1. The van der Waals surface area contributed by atoms with Gasteiger partial charge in [0.25, 0.3) is 0 Å². The minimum absolute atomic E-state index is 0.0977. The van der Waals surface area contributed by atoms with Crippen LogP contribution in [0.1, 0.15) is 23.1 Å². The molecule has 4 aromatic rings. The van der Waals surface area contributed by atoms with Gasteiger partial charge in [0.15, 0.2) is 0 Å². The van der Waals surface area contributed by atoms with E-state index in [4.69, 9.17) is 0 Å². The summed E-state index contributed by atoms with van der Waals surface area (Å²) in [4.78, 5) is 12.6. The number of aryl methyl sites for hydroxylation is 2. The molecule has 0 aliphatic rings. The topological polar surface area (TPSA) is 68.2 Å². The Kier molecular flexibility index (Phi) is 6.36. The van der Waals surface area contributed by atoms with Gasteiger partial charge >= 0.3 is 4.87 Å². The number of benzene rings is 3. The highest BCUT2D eigenvalue weighted by Crippen LogP contribution is 2.22. The first-order valence-corrected chi connectivity index (χ1v) is 12.4. The monoisotopic (exact) mass is 452 g/mol. The van der Waals surface area contributed by atoms with E-state index >= 15 is 0 Å². The summed E-state index contributed by atoms with van der Waals surface area (Å²) in [5.74, 6) is 0. The Morgan fingerprint density at radius 3 is 2.48 bits per heavy atom. The van der Waals surface area contributed by atoms with Crippen LogP contribution in [0.25, 0.3) is 10.2 Å². The van der Waals surface area contributed by atoms with Crippen molar-refractivity contribution in [1.29, 1.82) is 0 Å². The van der Waals surface area contributed by atoms with Gasteiger partial charge in [0.2, 0.25) is 10.0 Å². The fourth-order valence-corrected chi connectivity index (χ4v) is 5.68. The Morgan fingerprint density at radius 2 is 1.71 bits per heavy atom. The van der Waals surface area contributed by atoms with Crippen LogP contribution in [0.3, 0.4) is 0 Å². The molecular weight excluding hydrogens is 428 g/mol. The second kappa shape index (κ2) is 9.18. The van der Waals surface area contributed by atoms with E-state index in [0.29, 0.717) is 24.2 Å². The highest BCUT2D eigenvalue weighted by molar-refractivity contribution is 7.89. The molecule has 0 radical (unpaired) electrons. The van der Waals surface area contributed by atoms with E-state index in [1.807, 2.05) is 49.4 Å². The molecule has 3 aromatic carbocycles. The maximum Gasteiger partial charge on any atom is 0.308 e. The third kappa shape index (κ3) is 5.12. The van der Waals surface area contributed by atoms with Crippen LogP contribution in [0.2, 0.25) is 0 Å². The van der Waals surface area contributed by atoms with Gasteiger partial charge in [-0.15, -0.1) is 0 Å². The van der Waals surface area contributed by atoms with Crippen molar-refractivity contribution in [1.82, 2.24) is 9.29 Å². The molecule has 160 valence electrons. The number of hydrogen-bond acceptors (Lipinski definition) is 4. The average molecular weight is 453 g/mol. The summed E-state index contributed by atoms with van der Waals surface area (Å²) in [5, 5.41) is 0. The highest BCUT2D eigenvalue weighted by Gasteiger charge is 2.16. The van der Waals surface area contributed by atoms with E-state index in [2.05, 4.69) is 16.9 Å². The van der Waals surface area contributed by atoms with Crippen LogP contribution in [0.4, 0.5) is 0 Å². The lowest BCUT2D eigenvalue weighted by atomic mass is 10.1. The van der Waals surface area contributed by atoms with Gasteiger partial charge in [0.05, 0.1) is 21.7 Å². The van der Waals surface area contributed by atoms with Gasteiger partial charge in [0, 0.05) is 6.54 Å². The number of sulfonamides is 1. The van der Waals surface area contributed by atoms with Gasteiger partial charge in [-0.05, 0) is 49.1 Å². The summed E-state index contributed by atoms with van der Waals surface area (Å²) < 4.78 is 30.5. The summed E-state index contributed by atoms with van der Waals surface area (Å²) in [6.07, 6.45) is 1.53. The summed E-state index contributed by atoms with van der Waals surface area (Å²) in [6, 6.07) is 22.8. The zero-order chi connectivity index (χ0) is 21.8. The normalized spacial score (nSPS) is 11.8. The van der Waals surface area contributed by atoms with E-state index in [9.17, 15) is 13.2 Å². The fraction of sp³-hybridized carbons (Fsp3) is 0.208. The molecule has 0 spiro atoms. The molecule has 0 aliphatic heterocycles. The molecule has 31 heavy (non-hydrogen) atoms. The molecule has 0 amide bonds. The van der Waals surface area contributed by atoms with Crippen LogP contribution >= 0.6 is 11.3 Å². The van der Waals surface area contributed by atoms with E-state index in [1.54, 1.807) is 22.8 Å². The van der Waals surface area contributed by atoms with Gasteiger partial charge in [-0.1, -0.05) is 71.5 Å². The number of aromatic nitrogens is 1. The summed E-state index contributed by atoms with van der Waals surface area (Å²) in [7, 11) is -3.63. The first-order chi connectivity index (χ1) is 14.9. The van der Waals surface area contributed by atoms with Crippen molar-refractivity contribution < 1.29 is 8.42 Å². The molecule has 5 nitrogen and oxygen atoms in total. The molecular formula is C24H24N2O3S2. The smallest absolute Gasteiger partial charge is 0.294 e. The Hall–Kier alpha value is -2.74. The van der Waals surface area contributed by atoms with Crippen molar-refractivity contribution in [3.05, 3.63) is 99.2 Å². The zero-order valence-corrected chi connectivity index (χ0v) is 18.9. The molecule has 0 saturated heterocycles. The van der Waals surface area contributed by atoms with Crippen molar-refractivity contribution in [2.24, 2.45) is 0 Å². The van der Waals surface area contributed by atoms with Crippen molar-refractivity contribution in [2.75, 3.05) is 6.54 Å². The lowest BCUT2D eigenvalue weighted by molar-refractivity contribution is 0.579. The third-order valence-electron chi connectivity index (χ3n) is 5.15. The van der Waals surface area contributed by atoms with Gasteiger partial charge < -0.3 is 0 Å². The predicted molar refractivity (Wildman–Crippen MR) is 126 cm³/mol. The highest BCUT2D eigenvalue weighted by atomic mass is 32.2. The lowest BCUT2D eigenvalue weighted by Gasteiger charge is -2.08. The maximum absolute atomic E-state index is 12.7. The van der Waals surface area contributed by atoms with Crippen LogP contribution in [0, 0.1) is 6.92 Å². The Labute approximate surface area is 186 Å². The number of thiazole rings is 1. The van der Waals surface area contributed by atoms with Crippen molar-refractivity contribution in [2.45, 2.75) is 31.2 Å². The molecule has 0 fully saturated rings. The number of fused-ring (bicyclic) bond motifs is 1. The van der Waals surface area contributed by atoms with Crippen molar-refractivity contribution in [3.8, 4) is 0 Å². The van der Waals surface area contributed by atoms with Crippen LogP contribution in [-0.2, 0) is 23.0 Å². The van der Waals surface area contributed by atoms with Gasteiger partial charge in [-0.2, -0.15) is 0 Å². The average Bonchev–Trinajstić information content (AvgIpc) is 3.06. The van der Waals surface area contributed by atoms with Gasteiger partial charge in [0.1, 0.15) is 0 Å². The van der Waals surface area contributed by atoms with E-state index in [0.717, 1.165) is 28.8 Å². The predicted octanol–water partition coefficient (Wildman–Crippen LogP) is 4.33. The number of hydrogen-bond donors (Lipinski definition) is 1. The van der Waals surface area contributed by atoms with Gasteiger partial charge in [-0.3, -0.25) is 9.36 Å². The Balaban J connectivity index is 1.46. The third-order valence-corrected chi connectivity index (χ3v) is 7.55. The fourth-order valence-electron chi connectivity index (χ4n) is 3.58. The molecule has 4 rings (SSSR count). The van der Waals surface area contributed by atoms with E-state index in [1.165, 1.54) is 11.1 Å². The zero-order valence-electron chi connectivity index (χ0n) is 17.2. The molecule has 0 unspecified atom stereocenters. The van der Waals surface area contributed by atoms with Crippen molar-refractivity contribution in [3.63, 3.8) is 0 Å². The van der Waals surface area contributed by atoms with Gasteiger partial charge in [-0.25, -0.2) is 13.1 Å². The molecule has 0 bridgehead atoms. The number of nitrogens with one attached hydrogen (secondary N) is 1. The standard InChI is InChI=1S/C24H24N2O3S2/c1-18-7-5-10-19(15-18)11-6-14-25-31(28,29)21-12-13-22-23(16-21)30-24(27)26(22)17-20-8-3-2-4-9-20/h2-5,7-10,12-13,15-16,25H,6,11,14,17H2,1H3. The summed E-state index contributed by atoms with van der Waals surface area (Å²) in [5.41, 5.74) is 4.17. The molecule has 1 heterocycles.